The first-order chi connectivity index (χ1) is 9.65. The van der Waals surface area contributed by atoms with Gasteiger partial charge >= 0.3 is 0 Å². The molecule has 0 radical (unpaired) electrons. The number of benzene rings is 1. The van der Waals surface area contributed by atoms with Crippen molar-refractivity contribution in [2.45, 2.75) is 31.2 Å². The molecule has 3 rings (SSSR count). The maximum atomic E-state index is 6.08. The molecule has 106 valence electrons. The van der Waals surface area contributed by atoms with Crippen LogP contribution in [-0.4, -0.2) is 30.3 Å². The maximum absolute atomic E-state index is 6.08. The molecule has 20 heavy (non-hydrogen) atoms. The zero-order chi connectivity index (χ0) is 14.1. The predicted octanol–water partition coefficient (Wildman–Crippen LogP) is 2.40. The molecule has 0 amide bonds. The normalized spacial score (nSPS) is 22.1. The summed E-state index contributed by atoms with van der Waals surface area (Å²) in [7, 11) is 4.03. The minimum atomic E-state index is 0.152. The monoisotopic (exact) mass is 272 g/mol. The lowest BCUT2D eigenvalue weighted by molar-refractivity contribution is 0.345. The summed E-state index contributed by atoms with van der Waals surface area (Å²) < 4.78 is 5.40. The lowest BCUT2D eigenvalue weighted by Crippen LogP contribution is -2.22. The largest absolute Gasteiger partial charge is 0.378 e. The van der Waals surface area contributed by atoms with Gasteiger partial charge in [0.1, 0.15) is 0 Å². The highest BCUT2D eigenvalue weighted by atomic mass is 16.5. The van der Waals surface area contributed by atoms with Crippen LogP contribution in [0.4, 0.5) is 5.69 Å². The highest BCUT2D eigenvalue weighted by molar-refractivity contribution is 5.59. The third-order valence-electron chi connectivity index (χ3n) is 3.97. The molecule has 1 saturated carbocycles. The van der Waals surface area contributed by atoms with Gasteiger partial charge in [-0.15, -0.1) is 0 Å². The number of aromatic nitrogens is 2. The van der Waals surface area contributed by atoms with E-state index in [1.54, 1.807) is 0 Å². The molecule has 1 aliphatic rings. The summed E-state index contributed by atoms with van der Waals surface area (Å²) in [4.78, 5) is 6.57. The zero-order valence-corrected chi connectivity index (χ0v) is 11.9. The molecular formula is C15H20N4O. The average Bonchev–Trinajstić information content (AvgIpc) is 3.07. The van der Waals surface area contributed by atoms with E-state index in [4.69, 9.17) is 10.3 Å². The fraction of sp³-hybridized carbons (Fsp3) is 0.467. The number of nitrogens with two attached hydrogens (primary N) is 1. The summed E-state index contributed by atoms with van der Waals surface area (Å²) in [5.41, 5.74) is 8.20. The van der Waals surface area contributed by atoms with E-state index in [0.717, 1.165) is 30.5 Å². The van der Waals surface area contributed by atoms with Crippen LogP contribution in [0.25, 0.3) is 11.4 Å². The highest BCUT2D eigenvalue weighted by Crippen LogP contribution is 2.33. The smallest absolute Gasteiger partial charge is 0.231 e. The van der Waals surface area contributed by atoms with Crippen LogP contribution in [0.2, 0.25) is 0 Å². The van der Waals surface area contributed by atoms with E-state index >= 15 is 0 Å². The Balaban J connectivity index is 1.82. The molecule has 1 heterocycles. The minimum absolute atomic E-state index is 0.152. The molecule has 1 aromatic carbocycles. The van der Waals surface area contributed by atoms with Crippen molar-refractivity contribution in [2.24, 2.45) is 5.73 Å². The van der Waals surface area contributed by atoms with E-state index in [1.165, 1.54) is 0 Å². The van der Waals surface area contributed by atoms with Gasteiger partial charge in [0.05, 0.1) is 5.92 Å². The van der Waals surface area contributed by atoms with Crippen molar-refractivity contribution in [3.63, 3.8) is 0 Å². The summed E-state index contributed by atoms with van der Waals surface area (Å²) in [5, 5.41) is 4.08. The molecular weight excluding hydrogens is 252 g/mol. The molecule has 2 aromatic rings. The maximum Gasteiger partial charge on any atom is 0.231 e. The summed E-state index contributed by atoms with van der Waals surface area (Å²) in [6.45, 7) is 0. The summed E-state index contributed by atoms with van der Waals surface area (Å²) in [6, 6.07) is 8.27. The van der Waals surface area contributed by atoms with E-state index in [2.05, 4.69) is 15.0 Å². The van der Waals surface area contributed by atoms with Gasteiger partial charge in [-0.2, -0.15) is 4.98 Å². The highest BCUT2D eigenvalue weighted by Gasteiger charge is 2.30. The average molecular weight is 272 g/mol. The van der Waals surface area contributed by atoms with Gasteiger partial charge in [-0.1, -0.05) is 11.6 Å². The minimum Gasteiger partial charge on any atom is -0.378 e. The first-order valence-corrected chi connectivity index (χ1v) is 7.02. The lowest BCUT2D eigenvalue weighted by atomic mass is 10.1. The van der Waals surface area contributed by atoms with E-state index in [0.29, 0.717) is 11.7 Å². The van der Waals surface area contributed by atoms with Crippen LogP contribution in [0.1, 0.15) is 31.1 Å². The Bertz CT molecular complexity index is 576. The molecule has 2 unspecified atom stereocenters. The second kappa shape index (κ2) is 5.25. The van der Waals surface area contributed by atoms with Gasteiger partial charge in [0.15, 0.2) is 0 Å². The Labute approximate surface area is 118 Å². The second-order valence-electron chi connectivity index (χ2n) is 5.60. The van der Waals surface area contributed by atoms with E-state index in [-0.39, 0.29) is 12.0 Å². The van der Waals surface area contributed by atoms with Gasteiger partial charge in [-0.3, -0.25) is 0 Å². The van der Waals surface area contributed by atoms with E-state index < -0.39 is 0 Å². The lowest BCUT2D eigenvalue weighted by Gasteiger charge is -2.11. The molecule has 0 aliphatic heterocycles. The van der Waals surface area contributed by atoms with Crippen molar-refractivity contribution in [3.05, 3.63) is 30.2 Å². The number of nitrogens with zero attached hydrogens (tertiary/aromatic N) is 3. The number of rotatable bonds is 3. The van der Waals surface area contributed by atoms with Crippen LogP contribution in [0.5, 0.6) is 0 Å². The molecule has 5 nitrogen and oxygen atoms in total. The van der Waals surface area contributed by atoms with Crippen LogP contribution in [0.3, 0.4) is 0 Å². The Morgan fingerprint density at radius 1 is 1.20 bits per heavy atom. The molecule has 1 fully saturated rings. The number of anilines is 1. The summed E-state index contributed by atoms with van der Waals surface area (Å²) >= 11 is 0. The number of hydrogen-bond donors (Lipinski definition) is 1. The fourth-order valence-corrected chi connectivity index (χ4v) is 2.71. The van der Waals surface area contributed by atoms with Crippen molar-refractivity contribution < 1.29 is 4.52 Å². The standard InChI is InChI=1S/C15H20N4O/c1-19(2)11-8-6-10(7-9-11)14-17-15(20-18-14)12-4-3-5-13(12)16/h6-9,12-13H,3-5,16H2,1-2H3. The Hall–Kier alpha value is -1.88. The molecule has 5 heteroatoms. The van der Waals surface area contributed by atoms with Gasteiger partial charge < -0.3 is 15.2 Å². The van der Waals surface area contributed by atoms with Gasteiger partial charge in [0, 0.05) is 31.4 Å². The Morgan fingerprint density at radius 3 is 2.55 bits per heavy atom. The third-order valence-corrected chi connectivity index (χ3v) is 3.97. The fourth-order valence-electron chi connectivity index (χ4n) is 2.71. The van der Waals surface area contributed by atoms with Crippen molar-refractivity contribution in [2.75, 3.05) is 19.0 Å². The van der Waals surface area contributed by atoms with Crippen molar-refractivity contribution in [3.8, 4) is 11.4 Å². The SMILES string of the molecule is CN(C)c1ccc(-c2noc(C3CCCC3N)n2)cc1. The summed E-state index contributed by atoms with van der Waals surface area (Å²) in [6.07, 6.45) is 3.23. The Morgan fingerprint density at radius 2 is 1.95 bits per heavy atom. The molecule has 2 atom stereocenters. The van der Waals surface area contributed by atoms with Crippen LogP contribution >= 0.6 is 0 Å². The topological polar surface area (TPSA) is 68.2 Å². The first kappa shape index (κ1) is 13.1. The molecule has 2 N–H and O–H groups in total. The Kier molecular flexibility index (Phi) is 3.44. The van der Waals surface area contributed by atoms with E-state index in [9.17, 15) is 0 Å². The van der Waals surface area contributed by atoms with Crippen molar-refractivity contribution >= 4 is 5.69 Å². The molecule has 1 aliphatic carbocycles. The van der Waals surface area contributed by atoms with Crippen molar-refractivity contribution in [1.29, 1.82) is 0 Å². The van der Waals surface area contributed by atoms with Crippen LogP contribution in [0.15, 0.2) is 28.8 Å². The quantitative estimate of drug-likeness (QED) is 0.929. The van der Waals surface area contributed by atoms with Gasteiger partial charge in [-0.25, -0.2) is 0 Å². The molecule has 1 aromatic heterocycles. The van der Waals surface area contributed by atoms with Crippen molar-refractivity contribution in [1.82, 2.24) is 10.1 Å². The van der Waals surface area contributed by atoms with Gasteiger partial charge in [-0.05, 0) is 37.1 Å². The molecule has 0 saturated heterocycles. The number of hydrogen-bond acceptors (Lipinski definition) is 5. The first-order valence-electron chi connectivity index (χ1n) is 7.02. The van der Waals surface area contributed by atoms with Crippen LogP contribution in [0, 0.1) is 0 Å². The van der Waals surface area contributed by atoms with Gasteiger partial charge in [0.2, 0.25) is 11.7 Å². The molecule has 0 spiro atoms. The third kappa shape index (κ3) is 2.41. The van der Waals surface area contributed by atoms with Crippen LogP contribution < -0.4 is 10.6 Å². The second-order valence-corrected chi connectivity index (χ2v) is 5.60. The van der Waals surface area contributed by atoms with Gasteiger partial charge in [0.25, 0.3) is 0 Å². The molecule has 0 bridgehead atoms. The summed E-state index contributed by atoms with van der Waals surface area (Å²) in [5.74, 6) is 1.54. The predicted molar refractivity (Wildman–Crippen MR) is 78.6 cm³/mol. The van der Waals surface area contributed by atoms with Crippen LogP contribution in [-0.2, 0) is 0 Å². The van der Waals surface area contributed by atoms with E-state index in [1.807, 2.05) is 38.4 Å². The zero-order valence-electron chi connectivity index (χ0n) is 11.9.